The molecule has 2 aromatic carbocycles. The van der Waals surface area contributed by atoms with Crippen LogP contribution in [0.5, 0.6) is 23.0 Å². The predicted octanol–water partition coefficient (Wildman–Crippen LogP) is 2.45. The Balaban J connectivity index is 2.75. The summed E-state index contributed by atoms with van der Waals surface area (Å²) in [6, 6.07) is 4.91. The highest BCUT2D eigenvalue weighted by Gasteiger charge is 2.24. The lowest BCUT2D eigenvalue weighted by Crippen LogP contribution is -1.91. The summed E-state index contributed by atoms with van der Waals surface area (Å²) in [5.41, 5.74) is -0.486. The SMILES string of the molecule is Oc1ccc(-c2c(O)c(O)c(F)c(O)c2F)cc1. The van der Waals surface area contributed by atoms with Gasteiger partial charge in [-0.2, -0.15) is 4.39 Å². The third-order valence-electron chi connectivity index (χ3n) is 2.46. The minimum Gasteiger partial charge on any atom is -0.508 e. The number of halogens is 2. The van der Waals surface area contributed by atoms with Crippen molar-refractivity contribution in [2.45, 2.75) is 0 Å². The summed E-state index contributed by atoms with van der Waals surface area (Å²) in [5, 5.41) is 36.9. The number of hydrogen-bond acceptors (Lipinski definition) is 4. The van der Waals surface area contributed by atoms with Crippen molar-refractivity contribution in [1.82, 2.24) is 0 Å². The van der Waals surface area contributed by atoms with E-state index in [2.05, 4.69) is 0 Å². The molecule has 18 heavy (non-hydrogen) atoms. The van der Waals surface area contributed by atoms with Gasteiger partial charge < -0.3 is 20.4 Å². The summed E-state index contributed by atoms with van der Waals surface area (Å²) in [4.78, 5) is 0. The molecule has 2 rings (SSSR count). The van der Waals surface area contributed by atoms with E-state index in [1.165, 1.54) is 24.3 Å². The monoisotopic (exact) mass is 254 g/mol. The molecule has 0 saturated heterocycles. The van der Waals surface area contributed by atoms with Gasteiger partial charge in [-0.15, -0.1) is 0 Å². The van der Waals surface area contributed by atoms with E-state index < -0.39 is 34.4 Å². The molecule has 4 N–H and O–H groups in total. The van der Waals surface area contributed by atoms with E-state index >= 15 is 0 Å². The predicted molar refractivity (Wildman–Crippen MR) is 58.5 cm³/mol. The summed E-state index contributed by atoms with van der Waals surface area (Å²) in [6.07, 6.45) is 0. The van der Waals surface area contributed by atoms with Crippen molar-refractivity contribution in [3.05, 3.63) is 35.9 Å². The van der Waals surface area contributed by atoms with Crippen LogP contribution in [0.15, 0.2) is 24.3 Å². The van der Waals surface area contributed by atoms with E-state index in [1.54, 1.807) is 0 Å². The van der Waals surface area contributed by atoms with Gasteiger partial charge in [-0.05, 0) is 17.7 Å². The van der Waals surface area contributed by atoms with Crippen molar-refractivity contribution in [3.63, 3.8) is 0 Å². The third kappa shape index (κ3) is 1.67. The maximum Gasteiger partial charge on any atom is 0.213 e. The Morgan fingerprint density at radius 1 is 0.667 bits per heavy atom. The molecule has 94 valence electrons. The number of hydrogen-bond donors (Lipinski definition) is 4. The third-order valence-corrected chi connectivity index (χ3v) is 2.46. The molecule has 0 bridgehead atoms. The molecule has 0 aliphatic rings. The summed E-state index contributed by atoms with van der Waals surface area (Å²) in [5.74, 6) is -6.76. The largest absolute Gasteiger partial charge is 0.508 e. The number of rotatable bonds is 1. The van der Waals surface area contributed by atoms with Crippen molar-refractivity contribution >= 4 is 0 Å². The van der Waals surface area contributed by atoms with Gasteiger partial charge in [-0.1, -0.05) is 12.1 Å². The Kier molecular flexibility index (Phi) is 2.70. The first-order chi connectivity index (χ1) is 8.43. The van der Waals surface area contributed by atoms with Crippen LogP contribution in [0.25, 0.3) is 11.1 Å². The van der Waals surface area contributed by atoms with Crippen molar-refractivity contribution in [2.24, 2.45) is 0 Å². The van der Waals surface area contributed by atoms with Gasteiger partial charge in [0.2, 0.25) is 5.82 Å². The van der Waals surface area contributed by atoms with Crippen molar-refractivity contribution < 1.29 is 29.2 Å². The summed E-state index contributed by atoms with van der Waals surface area (Å²) < 4.78 is 26.7. The Labute approximate surface area is 100.0 Å². The number of phenolic OH excluding ortho intramolecular Hbond substituents is 4. The molecule has 0 spiro atoms. The molecule has 0 radical (unpaired) electrons. The molecule has 0 aliphatic carbocycles. The molecular formula is C12H8F2O4. The zero-order valence-electron chi connectivity index (χ0n) is 8.85. The van der Waals surface area contributed by atoms with Gasteiger partial charge in [-0.25, -0.2) is 4.39 Å². The van der Waals surface area contributed by atoms with Crippen molar-refractivity contribution in [3.8, 4) is 34.1 Å². The van der Waals surface area contributed by atoms with Gasteiger partial charge in [0.15, 0.2) is 23.1 Å². The second kappa shape index (κ2) is 4.06. The fraction of sp³-hybridized carbons (Fsp3) is 0. The van der Waals surface area contributed by atoms with Crippen LogP contribution in [0.4, 0.5) is 8.78 Å². The van der Waals surface area contributed by atoms with E-state index in [0.29, 0.717) is 0 Å². The van der Waals surface area contributed by atoms with Crippen molar-refractivity contribution in [1.29, 1.82) is 0 Å². The van der Waals surface area contributed by atoms with Crippen LogP contribution in [0.2, 0.25) is 0 Å². The quantitative estimate of drug-likeness (QED) is 0.465. The second-order valence-electron chi connectivity index (χ2n) is 3.60. The molecule has 4 nitrogen and oxygen atoms in total. The Morgan fingerprint density at radius 3 is 1.78 bits per heavy atom. The number of benzene rings is 2. The van der Waals surface area contributed by atoms with Gasteiger partial charge in [0, 0.05) is 0 Å². The summed E-state index contributed by atoms with van der Waals surface area (Å²) in [7, 11) is 0. The first kappa shape index (κ1) is 12.0. The zero-order valence-corrected chi connectivity index (χ0v) is 8.85. The highest BCUT2D eigenvalue weighted by Crippen LogP contribution is 2.45. The second-order valence-corrected chi connectivity index (χ2v) is 3.60. The van der Waals surface area contributed by atoms with Crippen LogP contribution in [0, 0.1) is 11.6 Å². The van der Waals surface area contributed by atoms with Gasteiger partial charge in [-0.3, -0.25) is 0 Å². The van der Waals surface area contributed by atoms with E-state index in [4.69, 9.17) is 10.2 Å². The lowest BCUT2D eigenvalue weighted by molar-refractivity contribution is 0.343. The van der Waals surface area contributed by atoms with Gasteiger partial charge in [0.25, 0.3) is 0 Å². The zero-order chi connectivity index (χ0) is 13.4. The first-order valence-electron chi connectivity index (χ1n) is 4.84. The number of phenols is 4. The average Bonchev–Trinajstić information content (AvgIpc) is 2.36. The maximum absolute atomic E-state index is 13.7. The minimum atomic E-state index is -1.63. The fourth-order valence-electron chi connectivity index (χ4n) is 1.54. The van der Waals surface area contributed by atoms with Crippen LogP contribution >= 0.6 is 0 Å². The van der Waals surface area contributed by atoms with Crippen molar-refractivity contribution in [2.75, 3.05) is 0 Å². The Hall–Kier alpha value is -2.50. The number of aromatic hydroxyl groups is 4. The molecule has 6 heteroatoms. The van der Waals surface area contributed by atoms with E-state index in [-0.39, 0.29) is 11.3 Å². The molecular weight excluding hydrogens is 246 g/mol. The molecule has 0 heterocycles. The highest BCUT2D eigenvalue weighted by atomic mass is 19.1. The molecule has 0 aliphatic heterocycles. The van der Waals surface area contributed by atoms with Gasteiger partial charge >= 0.3 is 0 Å². The summed E-state index contributed by atoms with van der Waals surface area (Å²) in [6.45, 7) is 0. The fourth-order valence-corrected chi connectivity index (χ4v) is 1.54. The highest BCUT2D eigenvalue weighted by molar-refractivity contribution is 5.76. The Bertz CT molecular complexity index is 579. The molecule has 0 saturated carbocycles. The maximum atomic E-state index is 13.7. The molecule has 2 aromatic rings. The standard InChI is InChI=1S/C12H8F2O4/c13-8-7(5-1-3-6(15)4-2-5)10(16)12(18)9(14)11(8)17/h1-4,15-18H. The van der Waals surface area contributed by atoms with Crippen LogP contribution in [-0.2, 0) is 0 Å². The van der Waals surface area contributed by atoms with Crippen LogP contribution < -0.4 is 0 Å². The summed E-state index contributed by atoms with van der Waals surface area (Å²) >= 11 is 0. The Morgan fingerprint density at radius 2 is 1.22 bits per heavy atom. The smallest absolute Gasteiger partial charge is 0.213 e. The molecule has 0 aromatic heterocycles. The van der Waals surface area contributed by atoms with Crippen LogP contribution in [0.1, 0.15) is 0 Å². The van der Waals surface area contributed by atoms with Crippen LogP contribution in [-0.4, -0.2) is 20.4 Å². The van der Waals surface area contributed by atoms with Crippen LogP contribution in [0.3, 0.4) is 0 Å². The normalized spacial score (nSPS) is 10.6. The topological polar surface area (TPSA) is 80.9 Å². The molecule has 0 fully saturated rings. The molecule has 0 atom stereocenters. The minimum absolute atomic E-state index is 0.0633. The molecule has 0 amide bonds. The first-order valence-corrected chi connectivity index (χ1v) is 4.84. The van der Waals surface area contributed by atoms with E-state index in [1.807, 2.05) is 0 Å². The lowest BCUT2D eigenvalue weighted by atomic mass is 10.0. The van der Waals surface area contributed by atoms with E-state index in [9.17, 15) is 19.0 Å². The van der Waals surface area contributed by atoms with Gasteiger partial charge in [0.1, 0.15) is 5.75 Å². The average molecular weight is 254 g/mol. The molecule has 0 unspecified atom stereocenters. The van der Waals surface area contributed by atoms with Gasteiger partial charge in [0.05, 0.1) is 5.56 Å². The van der Waals surface area contributed by atoms with E-state index in [0.717, 1.165) is 0 Å². The lowest BCUT2D eigenvalue weighted by Gasteiger charge is -2.10.